The van der Waals surface area contributed by atoms with Crippen LogP contribution < -0.4 is 0 Å². The van der Waals surface area contributed by atoms with Crippen LogP contribution in [0.15, 0.2) is 0 Å². The van der Waals surface area contributed by atoms with Crippen molar-refractivity contribution in [3.8, 4) is 0 Å². The normalized spacial score (nSPS) is 22.4. The third-order valence-corrected chi connectivity index (χ3v) is 3.31. The maximum absolute atomic E-state index is 12.1. The van der Waals surface area contributed by atoms with Crippen molar-refractivity contribution in [2.45, 2.75) is 32.7 Å². The lowest BCUT2D eigenvalue weighted by molar-refractivity contribution is -0.145. The molecule has 1 rings (SSSR count). The van der Waals surface area contributed by atoms with E-state index >= 15 is 0 Å². The van der Waals surface area contributed by atoms with E-state index in [2.05, 4.69) is 0 Å². The van der Waals surface area contributed by atoms with Gasteiger partial charge in [-0.05, 0) is 20.3 Å². The van der Waals surface area contributed by atoms with Gasteiger partial charge in [-0.3, -0.25) is 9.59 Å². The van der Waals surface area contributed by atoms with Gasteiger partial charge in [0.25, 0.3) is 0 Å². The Balaban J connectivity index is 2.51. The van der Waals surface area contributed by atoms with Crippen LogP contribution in [0.4, 0.5) is 0 Å². The molecule has 1 saturated heterocycles. The molecule has 0 aliphatic carbocycles. The first kappa shape index (κ1) is 15.9. The quantitative estimate of drug-likeness (QED) is 0.660. The number of carboxylic acid groups (broad SMARTS) is 1. The van der Waals surface area contributed by atoms with Crippen LogP contribution >= 0.6 is 0 Å². The fourth-order valence-electron chi connectivity index (χ4n) is 2.30. The summed E-state index contributed by atoms with van der Waals surface area (Å²) in [5, 5.41) is 9.12. The van der Waals surface area contributed by atoms with Gasteiger partial charge in [0.1, 0.15) is 5.92 Å². The molecule has 1 amide bonds. The zero-order valence-electron chi connectivity index (χ0n) is 11.6. The summed E-state index contributed by atoms with van der Waals surface area (Å²) in [6.07, 6.45) is 1.05. The molecule has 2 unspecified atom stereocenters. The SMILES string of the molecule is CCOCCCC(=O)N(CC)C1COCC1C(=O)O. The molecule has 0 spiro atoms. The smallest absolute Gasteiger partial charge is 0.311 e. The molecule has 110 valence electrons. The van der Waals surface area contributed by atoms with Gasteiger partial charge in [-0.1, -0.05) is 0 Å². The molecule has 0 bridgehead atoms. The van der Waals surface area contributed by atoms with Crippen molar-refractivity contribution in [2.75, 3.05) is 33.0 Å². The number of carboxylic acids is 1. The second-order valence-corrected chi connectivity index (χ2v) is 4.53. The largest absolute Gasteiger partial charge is 0.481 e. The molecule has 0 aromatic rings. The molecular weight excluding hydrogens is 250 g/mol. The van der Waals surface area contributed by atoms with Gasteiger partial charge < -0.3 is 19.5 Å². The first-order valence-electron chi connectivity index (χ1n) is 6.79. The summed E-state index contributed by atoms with van der Waals surface area (Å²) in [7, 11) is 0. The molecule has 0 saturated carbocycles. The Morgan fingerprint density at radius 2 is 2.11 bits per heavy atom. The highest BCUT2D eigenvalue weighted by Gasteiger charge is 2.39. The number of hydrogen-bond donors (Lipinski definition) is 1. The van der Waals surface area contributed by atoms with Crippen LogP contribution in [0.1, 0.15) is 26.7 Å². The molecule has 0 aromatic heterocycles. The van der Waals surface area contributed by atoms with Crippen LogP contribution in [0.25, 0.3) is 0 Å². The minimum atomic E-state index is -0.900. The molecule has 1 aliphatic heterocycles. The number of carbonyl (C=O) groups is 2. The average molecular weight is 273 g/mol. The van der Waals surface area contributed by atoms with Gasteiger partial charge in [0.2, 0.25) is 5.91 Å². The molecular formula is C13H23NO5. The van der Waals surface area contributed by atoms with Crippen molar-refractivity contribution in [1.82, 2.24) is 4.90 Å². The Morgan fingerprint density at radius 3 is 2.68 bits per heavy atom. The minimum absolute atomic E-state index is 0.0241. The van der Waals surface area contributed by atoms with Gasteiger partial charge in [0, 0.05) is 26.2 Å². The summed E-state index contributed by atoms with van der Waals surface area (Å²) < 4.78 is 10.4. The molecule has 1 N–H and O–H groups in total. The molecule has 0 radical (unpaired) electrons. The summed E-state index contributed by atoms with van der Waals surface area (Å²) in [6, 6.07) is -0.345. The van der Waals surface area contributed by atoms with E-state index in [0.717, 1.165) is 0 Å². The van der Waals surface area contributed by atoms with Crippen LogP contribution in [-0.4, -0.2) is 60.9 Å². The first-order valence-corrected chi connectivity index (χ1v) is 6.79. The second kappa shape index (κ2) is 8.12. The lowest BCUT2D eigenvalue weighted by atomic mass is 10.0. The number of likely N-dealkylation sites (N-methyl/N-ethyl adjacent to an activating group) is 1. The van der Waals surface area contributed by atoms with Gasteiger partial charge in [-0.25, -0.2) is 0 Å². The molecule has 1 aliphatic rings. The fraction of sp³-hybridized carbons (Fsp3) is 0.846. The highest BCUT2D eigenvalue weighted by molar-refractivity contribution is 5.78. The maximum Gasteiger partial charge on any atom is 0.311 e. The Morgan fingerprint density at radius 1 is 1.37 bits per heavy atom. The zero-order valence-corrected chi connectivity index (χ0v) is 11.6. The van der Waals surface area contributed by atoms with Gasteiger partial charge >= 0.3 is 5.97 Å². The average Bonchev–Trinajstić information content (AvgIpc) is 2.85. The highest BCUT2D eigenvalue weighted by atomic mass is 16.5. The zero-order chi connectivity index (χ0) is 14.3. The van der Waals surface area contributed by atoms with Gasteiger partial charge in [0.15, 0.2) is 0 Å². The van der Waals surface area contributed by atoms with Crippen LogP contribution in [0.3, 0.4) is 0 Å². The van der Waals surface area contributed by atoms with E-state index in [1.54, 1.807) is 4.90 Å². The second-order valence-electron chi connectivity index (χ2n) is 4.53. The van der Waals surface area contributed by atoms with E-state index in [1.807, 2.05) is 13.8 Å². The van der Waals surface area contributed by atoms with Crippen molar-refractivity contribution in [3.63, 3.8) is 0 Å². The number of nitrogens with zero attached hydrogens (tertiary/aromatic N) is 1. The maximum atomic E-state index is 12.1. The molecule has 0 aromatic carbocycles. The monoisotopic (exact) mass is 273 g/mol. The number of amides is 1. The van der Waals surface area contributed by atoms with E-state index in [1.165, 1.54) is 0 Å². The number of aliphatic carboxylic acids is 1. The third kappa shape index (κ3) is 4.47. The Bertz CT molecular complexity index is 307. The number of ether oxygens (including phenoxy) is 2. The summed E-state index contributed by atoms with van der Waals surface area (Å²) in [5.41, 5.74) is 0. The number of carbonyl (C=O) groups excluding carboxylic acids is 1. The Kier molecular flexibility index (Phi) is 6.80. The van der Waals surface area contributed by atoms with E-state index in [9.17, 15) is 9.59 Å². The molecule has 6 nitrogen and oxygen atoms in total. The Labute approximate surface area is 113 Å². The first-order chi connectivity index (χ1) is 9.11. The van der Waals surface area contributed by atoms with Gasteiger partial charge in [-0.15, -0.1) is 0 Å². The summed E-state index contributed by atoms with van der Waals surface area (Å²) in [5.74, 6) is -1.54. The standard InChI is InChI=1S/C13H23NO5/c1-3-14(12(15)6-5-7-18-4-2)11-9-19-8-10(11)13(16)17/h10-11H,3-9H2,1-2H3,(H,16,17). The van der Waals surface area contributed by atoms with Crippen molar-refractivity contribution in [2.24, 2.45) is 5.92 Å². The van der Waals surface area contributed by atoms with E-state index < -0.39 is 11.9 Å². The van der Waals surface area contributed by atoms with E-state index in [0.29, 0.717) is 39.2 Å². The summed E-state index contributed by atoms with van der Waals surface area (Å²) >= 11 is 0. The topological polar surface area (TPSA) is 76.1 Å². The van der Waals surface area contributed by atoms with Gasteiger partial charge in [-0.2, -0.15) is 0 Å². The Hall–Kier alpha value is -1.14. The summed E-state index contributed by atoms with van der Waals surface area (Å²) in [6.45, 7) is 5.97. The van der Waals surface area contributed by atoms with Crippen LogP contribution in [-0.2, 0) is 19.1 Å². The molecule has 6 heteroatoms. The van der Waals surface area contributed by atoms with Gasteiger partial charge in [0.05, 0.1) is 19.3 Å². The lowest BCUT2D eigenvalue weighted by Gasteiger charge is -2.29. The van der Waals surface area contributed by atoms with Crippen molar-refractivity contribution in [1.29, 1.82) is 0 Å². The minimum Gasteiger partial charge on any atom is -0.481 e. The molecule has 2 atom stereocenters. The van der Waals surface area contributed by atoms with E-state index in [4.69, 9.17) is 14.6 Å². The fourth-order valence-corrected chi connectivity index (χ4v) is 2.30. The van der Waals surface area contributed by atoms with Crippen LogP contribution in [0.5, 0.6) is 0 Å². The van der Waals surface area contributed by atoms with Crippen molar-refractivity contribution >= 4 is 11.9 Å². The molecule has 1 fully saturated rings. The van der Waals surface area contributed by atoms with Crippen molar-refractivity contribution < 1.29 is 24.2 Å². The van der Waals surface area contributed by atoms with Crippen molar-refractivity contribution in [3.05, 3.63) is 0 Å². The number of rotatable bonds is 8. The van der Waals surface area contributed by atoms with Crippen LogP contribution in [0.2, 0.25) is 0 Å². The molecule has 19 heavy (non-hydrogen) atoms. The lowest BCUT2D eigenvalue weighted by Crippen LogP contribution is -2.46. The number of hydrogen-bond acceptors (Lipinski definition) is 4. The molecule has 1 heterocycles. The highest BCUT2D eigenvalue weighted by Crippen LogP contribution is 2.21. The predicted octanol–water partition coefficient (Wildman–Crippen LogP) is 0.751. The van der Waals surface area contributed by atoms with E-state index in [-0.39, 0.29) is 18.6 Å². The summed E-state index contributed by atoms with van der Waals surface area (Å²) in [4.78, 5) is 24.9. The third-order valence-electron chi connectivity index (χ3n) is 3.31. The predicted molar refractivity (Wildman–Crippen MR) is 68.8 cm³/mol. The van der Waals surface area contributed by atoms with Crippen LogP contribution in [0, 0.1) is 5.92 Å².